The van der Waals surface area contributed by atoms with Crippen molar-refractivity contribution < 1.29 is 17.9 Å². The van der Waals surface area contributed by atoms with E-state index in [-0.39, 0.29) is 24.8 Å². The van der Waals surface area contributed by atoms with E-state index in [0.717, 1.165) is 12.8 Å². The van der Waals surface area contributed by atoms with E-state index in [1.54, 1.807) is 0 Å². The molecule has 3 N–H and O–H groups in total. The van der Waals surface area contributed by atoms with Crippen LogP contribution in [0.2, 0.25) is 0 Å². The van der Waals surface area contributed by atoms with E-state index in [9.17, 15) is 13.2 Å². The summed E-state index contributed by atoms with van der Waals surface area (Å²) >= 11 is 0. The molecule has 1 saturated carbocycles. The van der Waals surface area contributed by atoms with Crippen molar-refractivity contribution in [3.05, 3.63) is 11.8 Å². The van der Waals surface area contributed by atoms with E-state index in [2.05, 4.69) is 5.43 Å². The minimum Gasteiger partial charge on any atom is -0.496 e. The number of halogens is 3. The third kappa shape index (κ3) is 2.98. The van der Waals surface area contributed by atoms with Crippen molar-refractivity contribution in [1.82, 2.24) is 5.43 Å². The summed E-state index contributed by atoms with van der Waals surface area (Å²) in [5.74, 6) is 4.90. The van der Waals surface area contributed by atoms with Crippen LogP contribution in [0.5, 0.6) is 0 Å². The van der Waals surface area contributed by atoms with Gasteiger partial charge in [0.1, 0.15) is 5.76 Å². The molecule has 0 amide bonds. The Bertz CT molecular complexity index is 317. The topological polar surface area (TPSA) is 47.3 Å². The van der Waals surface area contributed by atoms with Crippen LogP contribution in [-0.2, 0) is 4.74 Å². The van der Waals surface area contributed by atoms with Crippen LogP contribution in [0.3, 0.4) is 0 Å². The molecular weight excluding hydrogens is 245 g/mol. The van der Waals surface area contributed by atoms with Gasteiger partial charge < -0.3 is 4.74 Å². The minimum atomic E-state index is -4.09. The maximum Gasteiger partial charge on any atom is 0.391 e. The molecule has 0 spiro atoms. The highest BCUT2D eigenvalue weighted by Crippen LogP contribution is 2.42. The van der Waals surface area contributed by atoms with Crippen LogP contribution in [0, 0.1) is 11.8 Å². The monoisotopic (exact) mass is 264 g/mol. The fourth-order valence-electron chi connectivity index (χ4n) is 2.93. The summed E-state index contributed by atoms with van der Waals surface area (Å²) in [6, 6.07) is -0.280. The largest absolute Gasteiger partial charge is 0.496 e. The van der Waals surface area contributed by atoms with Gasteiger partial charge in [-0.2, -0.15) is 13.2 Å². The van der Waals surface area contributed by atoms with E-state index >= 15 is 0 Å². The van der Waals surface area contributed by atoms with Gasteiger partial charge >= 0.3 is 6.18 Å². The Labute approximate surface area is 105 Å². The molecule has 0 aromatic heterocycles. The molecular formula is C12H19F3N2O. The molecule has 0 aromatic rings. The van der Waals surface area contributed by atoms with Crippen molar-refractivity contribution in [2.75, 3.05) is 6.61 Å². The van der Waals surface area contributed by atoms with Crippen LogP contribution < -0.4 is 11.3 Å². The fraction of sp³-hybridized carbons (Fsp3) is 0.833. The van der Waals surface area contributed by atoms with Crippen molar-refractivity contribution >= 4 is 0 Å². The van der Waals surface area contributed by atoms with Gasteiger partial charge in [0.2, 0.25) is 0 Å². The third-order valence-corrected chi connectivity index (χ3v) is 3.87. The van der Waals surface area contributed by atoms with Crippen molar-refractivity contribution in [2.45, 2.75) is 44.3 Å². The lowest BCUT2D eigenvalue weighted by Crippen LogP contribution is -2.45. The number of nitrogens with one attached hydrogen (secondary N) is 1. The van der Waals surface area contributed by atoms with Crippen LogP contribution in [0.1, 0.15) is 32.1 Å². The lowest BCUT2D eigenvalue weighted by atomic mass is 9.77. The van der Waals surface area contributed by atoms with Crippen molar-refractivity contribution in [2.24, 2.45) is 17.7 Å². The minimum absolute atomic E-state index is 0.0975. The molecule has 0 bridgehead atoms. The summed E-state index contributed by atoms with van der Waals surface area (Å²) in [6.45, 7) is 0.600. The predicted molar refractivity (Wildman–Crippen MR) is 61.3 cm³/mol. The van der Waals surface area contributed by atoms with Gasteiger partial charge in [-0.3, -0.25) is 5.84 Å². The molecule has 3 nitrogen and oxygen atoms in total. The Morgan fingerprint density at radius 3 is 2.72 bits per heavy atom. The zero-order chi connectivity index (χ0) is 13.2. The molecule has 3 atom stereocenters. The normalized spacial score (nSPS) is 30.8. The van der Waals surface area contributed by atoms with Gasteiger partial charge in [0, 0.05) is 6.42 Å². The molecule has 0 saturated heterocycles. The molecule has 0 aromatic carbocycles. The zero-order valence-corrected chi connectivity index (χ0v) is 10.2. The summed E-state index contributed by atoms with van der Waals surface area (Å²) in [6.07, 6.45) is 0.367. The summed E-state index contributed by atoms with van der Waals surface area (Å²) in [4.78, 5) is 0. The molecule has 1 aliphatic carbocycles. The number of nitrogens with two attached hydrogens (primary N) is 1. The van der Waals surface area contributed by atoms with Crippen LogP contribution in [0.25, 0.3) is 0 Å². The van der Waals surface area contributed by atoms with Crippen molar-refractivity contribution in [3.63, 3.8) is 0 Å². The van der Waals surface area contributed by atoms with Gasteiger partial charge in [-0.15, -0.1) is 0 Å². The van der Waals surface area contributed by atoms with Gasteiger partial charge in [0.05, 0.1) is 18.6 Å². The zero-order valence-electron chi connectivity index (χ0n) is 10.2. The second kappa shape index (κ2) is 5.48. The van der Waals surface area contributed by atoms with Gasteiger partial charge in [-0.25, -0.2) is 5.43 Å². The second-order valence-electron chi connectivity index (χ2n) is 5.05. The molecule has 0 radical (unpaired) electrons. The summed E-state index contributed by atoms with van der Waals surface area (Å²) < 4.78 is 43.7. The number of hydrazine groups is 1. The van der Waals surface area contributed by atoms with Crippen LogP contribution >= 0.6 is 0 Å². The van der Waals surface area contributed by atoms with Crippen LogP contribution in [0.4, 0.5) is 13.2 Å². The molecule has 18 heavy (non-hydrogen) atoms. The Kier molecular flexibility index (Phi) is 4.17. The maximum absolute atomic E-state index is 12.8. The average molecular weight is 264 g/mol. The first-order valence-corrected chi connectivity index (χ1v) is 6.38. The number of hydrogen-bond acceptors (Lipinski definition) is 3. The molecule has 6 heteroatoms. The summed E-state index contributed by atoms with van der Waals surface area (Å²) in [7, 11) is 0. The quantitative estimate of drug-likeness (QED) is 0.608. The highest BCUT2D eigenvalue weighted by atomic mass is 19.4. The van der Waals surface area contributed by atoms with Crippen molar-refractivity contribution in [1.29, 1.82) is 0 Å². The molecule has 104 valence electrons. The van der Waals surface area contributed by atoms with Crippen LogP contribution in [0.15, 0.2) is 11.8 Å². The predicted octanol–water partition coefficient (Wildman–Crippen LogP) is 2.49. The van der Waals surface area contributed by atoms with Gasteiger partial charge in [-0.05, 0) is 31.3 Å². The summed E-state index contributed by atoms with van der Waals surface area (Å²) in [5.41, 5.74) is 2.63. The van der Waals surface area contributed by atoms with E-state index < -0.39 is 12.1 Å². The van der Waals surface area contributed by atoms with E-state index in [1.807, 2.05) is 6.08 Å². The highest BCUT2D eigenvalue weighted by Gasteiger charge is 2.44. The Hall–Kier alpha value is -0.750. The standard InChI is InChI=1S/C12H19F3N2O/c13-12(14,15)9-4-1-3-8(7-9)11(17-16)10-5-2-6-18-10/h5,8-9,11,17H,1-4,6-7,16H2. The van der Waals surface area contributed by atoms with Crippen LogP contribution in [-0.4, -0.2) is 18.8 Å². The van der Waals surface area contributed by atoms with Gasteiger partial charge in [-0.1, -0.05) is 6.42 Å². The van der Waals surface area contributed by atoms with E-state index in [4.69, 9.17) is 10.6 Å². The molecule has 1 fully saturated rings. The average Bonchev–Trinajstić information content (AvgIpc) is 2.83. The molecule has 2 aliphatic rings. The first kappa shape index (κ1) is 13.7. The molecule has 1 aliphatic heterocycles. The summed E-state index contributed by atoms with van der Waals surface area (Å²) in [5, 5.41) is 0. The number of alkyl halides is 3. The molecule has 3 unspecified atom stereocenters. The Morgan fingerprint density at radius 2 is 2.17 bits per heavy atom. The third-order valence-electron chi connectivity index (χ3n) is 3.87. The second-order valence-corrected chi connectivity index (χ2v) is 5.05. The van der Waals surface area contributed by atoms with E-state index in [1.165, 1.54) is 0 Å². The first-order valence-electron chi connectivity index (χ1n) is 6.38. The SMILES string of the molecule is NNC(C1=CCCO1)C1CCCC(C(F)(F)F)C1. The Morgan fingerprint density at radius 1 is 1.39 bits per heavy atom. The molecule has 2 rings (SSSR count). The van der Waals surface area contributed by atoms with Gasteiger partial charge in [0.15, 0.2) is 0 Å². The maximum atomic E-state index is 12.8. The Balaban J connectivity index is 2.02. The highest BCUT2D eigenvalue weighted by molar-refractivity contribution is 5.09. The number of rotatable bonds is 3. The van der Waals surface area contributed by atoms with E-state index in [0.29, 0.717) is 18.8 Å². The van der Waals surface area contributed by atoms with Gasteiger partial charge in [0.25, 0.3) is 0 Å². The lowest BCUT2D eigenvalue weighted by molar-refractivity contribution is -0.186. The molecule has 1 heterocycles. The fourth-order valence-corrected chi connectivity index (χ4v) is 2.93. The van der Waals surface area contributed by atoms with Crippen molar-refractivity contribution in [3.8, 4) is 0 Å². The smallest absolute Gasteiger partial charge is 0.391 e. The lowest BCUT2D eigenvalue weighted by Gasteiger charge is -2.35. The number of ether oxygens (including phenoxy) is 1. The first-order chi connectivity index (χ1) is 8.52. The number of hydrogen-bond donors (Lipinski definition) is 2.